The van der Waals surface area contributed by atoms with Crippen LogP contribution in [0.15, 0.2) is 0 Å². The summed E-state index contributed by atoms with van der Waals surface area (Å²) in [4.78, 5) is 25.3. The molecule has 3 amide bonds. The third-order valence-electron chi connectivity index (χ3n) is 3.15. The van der Waals surface area contributed by atoms with E-state index < -0.39 is 5.60 Å². The van der Waals surface area contributed by atoms with E-state index in [1.165, 1.54) is 0 Å². The lowest BCUT2D eigenvalue weighted by molar-refractivity contribution is 0.0201. The van der Waals surface area contributed by atoms with E-state index in [0.29, 0.717) is 25.6 Å². The molecule has 1 rings (SSSR count). The maximum absolute atomic E-state index is 11.9. The van der Waals surface area contributed by atoms with Crippen LogP contribution in [0.5, 0.6) is 0 Å². The topological polar surface area (TPSA) is 70.7 Å². The van der Waals surface area contributed by atoms with Gasteiger partial charge in [-0.1, -0.05) is 13.8 Å². The predicted octanol–water partition coefficient (Wildman–Crippen LogP) is 2.34. The van der Waals surface area contributed by atoms with Crippen LogP contribution in [0.1, 0.15) is 47.5 Å². The molecule has 6 nitrogen and oxygen atoms in total. The van der Waals surface area contributed by atoms with Gasteiger partial charge in [0.25, 0.3) is 0 Å². The molecule has 0 aromatic carbocycles. The molecule has 1 saturated heterocycles. The second kappa shape index (κ2) is 7.52. The first-order chi connectivity index (χ1) is 9.67. The first-order valence-electron chi connectivity index (χ1n) is 7.69. The Bertz CT molecular complexity index is 356. The third kappa shape index (κ3) is 7.20. The highest BCUT2D eigenvalue weighted by molar-refractivity contribution is 5.74. The standard InChI is InChI=1S/C15H29N3O3/c1-11(2)10-16-13(19)17-12-6-8-18(9-7-12)14(20)21-15(3,4)5/h11-12H,6-10H2,1-5H3,(H2,16,17,19). The Balaban J connectivity index is 2.29. The van der Waals surface area contributed by atoms with E-state index in [1.54, 1.807) is 4.90 Å². The summed E-state index contributed by atoms with van der Waals surface area (Å²) in [5.74, 6) is 0.435. The van der Waals surface area contributed by atoms with Gasteiger partial charge in [0.2, 0.25) is 0 Å². The summed E-state index contributed by atoms with van der Waals surface area (Å²) in [6, 6.07) is -0.00438. The van der Waals surface area contributed by atoms with Crippen LogP contribution in [0, 0.1) is 5.92 Å². The fourth-order valence-electron chi connectivity index (χ4n) is 2.07. The van der Waals surface area contributed by atoms with E-state index in [1.807, 2.05) is 20.8 Å². The monoisotopic (exact) mass is 299 g/mol. The van der Waals surface area contributed by atoms with Crippen LogP contribution >= 0.6 is 0 Å². The average Bonchev–Trinajstić information content (AvgIpc) is 2.35. The lowest BCUT2D eigenvalue weighted by Crippen LogP contribution is -2.50. The number of likely N-dealkylation sites (tertiary alicyclic amines) is 1. The van der Waals surface area contributed by atoms with Gasteiger partial charge in [-0.15, -0.1) is 0 Å². The van der Waals surface area contributed by atoms with Crippen LogP contribution < -0.4 is 10.6 Å². The van der Waals surface area contributed by atoms with Gasteiger partial charge in [0.15, 0.2) is 0 Å². The van der Waals surface area contributed by atoms with Crippen LogP contribution in [-0.4, -0.2) is 48.3 Å². The minimum atomic E-state index is -0.469. The van der Waals surface area contributed by atoms with Gasteiger partial charge in [-0.25, -0.2) is 9.59 Å². The van der Waals surface area contributed by atoms with E-state index >= 15 is 0 Å². The fourth-order valence-corrected chi connectivity index (χ4v) is 2.07. The minimum absolute atomic E-state index is 0.121. The number of urea groups is 1. The van der Waals surface area contributed by atoms with Gasteiger partial charge >= 0.3 is 12.1 Å². The summed E-state index contributed by atoms with van der Waals surface area (Å²) < 4.78 is 5.35. The molecule has 6 heteroatoms. The van der Waals surface area contributed by atoms with Crippen molar-refractivity contribution in [2.45, 2.75) is 59.1 Å². The van der Waals surface area contributed by atoms with Crippen molar-refractivity contribution in [2.24, 2.45) is 5.92 Å². The van der Waals surface area contributed by atoms with Crippen molar-refractivity contribution in [2.75, 3.05) is 19.6 Å². The van der Waals surface area contributed by atoms with Gasteiger partial charge in [0.1, 0.15) is 5.60 Å². The second-order valence-electron chi connectivity index (χ2n) is 6.99. The number of ether oxygens (including phenoxy) is 1. The van der Waals surface area contributed by atoms with Gasteiger partial charge in [0, 0.05) is 25.7 Å². The zero-order chi connectivity index (χ0) is 16.0. The van der Waals surface area contributed by atoms with Crippen LogP contribution in [0.25, 0.3) is 0 Å². The molecule has 0 unspecified atom stereocenters. The van der Waals surface area contributed by atoms with Crippen LogP contribution in [-0.2, 0) is 4.74 Å². The molecular formula is C15H29N3O3. The normalized spacial score (nSPS) is 16.8. The molecule has 0 aliphatic carbocycles. The number of hydrogen-bond acceptors (Lipinski definition) is 3. The molecule has 0 bridgehead atoms. The van der Waals surface area contributed by atoms with Crippen molar-refractivity contribution in [3.8, 4) is 0 Å². The molecule has 1 heterocycles. The Morgan fingerprint density at radius 3 is 2.29 bits per heavy atom. The quantitative estimate of drug-likeness (QED) is 0.840. The van der Waals surface area contributed by atoms with Crippen molar-refractivity contribution in [1.82, 2.24) is 15.5 Å². The molecule has 21 heavy (non-hydrogen) atoms. The molecule has 1 aliphatic rings. The summed E-state index contributed by atoms with van der Waals surface area (Å²) in [5, 5.41) is 5.79. The highest BCUT2D eigenvalue weighted by Crippen LogP contribution is 2.15. The van der Waals surface area contributed by atoms with Crippen molar-refractivity contribution in [3.05, 3.63) is 0 Å². The van der Waals surface area contributed by atoms with E-state index in [0.717, 1.165) is 12.8 Å². The molecule has 0 aromatic heterocycles. The van der Waals surface area contributed by atoms with E-state index in [-0.39, 0.29) is 18.2 Å². The summed E-state index contributed by atoms with van der Waals surface area (Å²) in [7, 11) is 0. The smallest absolute Gasteiger partial charge is 0.410 e. The molecule has 0 aromatic rings. The molecule has 1 aliphatic heterocycles. The van der Waals surface area contributed by atoms with Crippen molar-refractivity contribution in [3.63, 3.8) is 0 Å². The van der Waals surface area contributed by atoms with E-state index in [9.17, 15) is 9.59 Å². The van der Waals surface area contributed by atoms with E-state index in [4.69, 9.17) is 4.74 Å². The third-order valence-corrected chi connectivity index (χ3v) is 3.15. The summed E-state index contributed by atoms with van der Waals surface area (Å²) in [5.41, 5.74) is -0.469. The van der Waals surface area contributed by atoms with Crippen LogP contribution in [0.4, 0.5) is 9.59 Å². The largest absolute Gasteiger partial charge is 0.444 e. The molecule has 0 radical (unpaired) electrons. The minimum Gasteiger partial charge on any atom is -0.444 e. The maximum Gasteiger partial charge on any atom is 0.410 e. The summed E-state index contributed by atoms with van der Waals surface area (Å²) >= 11 is 0. The van der Waals surface area contributed by atoms with Crippen LogP contribution in [0.3, 0.4) is 0 Å². The van der Waals surface area contributed by atoms with Crippen molar-refractivity contribution in [1.29, 1.82) is 0 Å². The fraction of sp³-hybridized carbons (Fsp3) is 0.867. The summed E-state index contributed by atoms with van der Waals surface area (Å²) in [6.07, 6.45) is 1.24. The molecule has 122 valence electrons. The van der Waals surface area contributed by atoms with Gasteiger partial charge in [-0.2, -0.15) is 0 Å². The number of carbonyl (C=O) groups is 2. The number of amides is 3. The van der Waals surface area contributed by atoms with Crippen LogP contribution in [0.2, 0.25) is 0 Å². The highest BCUT2D eigenvalue weighted by atomic mass is 16.6. The molecular weight excluding hydrogens is 270 g/mol. The number of carbonyl (C=O) groups excluding carboxylic acids is 2. The summed E-state index contributed by atoms with van der Waals surface area (Å²) in [6.45, 7) is 11.6. The highest BCUT2D eigenvalue weighted by Gasteiger charge is 2.27. The lowest BCUT2D eigenvalue weighted by Gasteiger charge is -2.33. The van der Waals surface area contributed by atoms with Gasteiger partial charge in [-0.3, -0.25) is 0 Å². The first kappa shape index (κ1) is 17.6. The number of nitrogens with one attached hydrogen (secondary N) is 2. The SMILES string of the molecule is CC(C)CNC(=O)NC1CCN(C(=O)OC(C)(C)C)CC1. The average molecular weight is 299 g/mol. The van der Waals surface area contributed by atoms with Crippen molar-refractivity contribution < 1.29 is 14.3 Å². The molecule has 2 N–H and O–H groups in total. The van der Waals surface area contributed by atoms with Gasteiger partial charge in [0.05, 0.1) is 0 Å². The molecule has 0 atom stereocenters. The molecule has 1 fully saturated rings. The number of rotatable bonds is 3. The Kier molecular flexibility index (Phi) is 6.30. The zero-order valence-electron chi connectivity index (χ0n) is 13.9. The number of hydrogen-bond donors (Lipinski definition) is 2. The maximum atomic E-state index is 11.9. The molecule has 0 saturated carbocycles. The number of nitrogens with zero attached hydrogens (tertiary/aromatic N) is 1. The van der Waals surface area contributed by atoms with Crippen molar-refractivity contribution >= 4 is 12.1 Å². The second-order valence-corrected chi connectivity index (χ2v) is 6.99. The Morgan fingerprint density at radius 1 is 1.24 bits per heavy atom. The lowest BCUT2D eigenvalue weighted by atomic mass is 10.1. The zero-order valence-corrected chi connectivity index (χ0v) is 13.9. The van der Waals surface area contributed by atoms with Gasteiger partial charge < -0.3 is 20.3 Å². The predicted molar refractivity (Wildman–Crippen MR) is 82.2 cm³/mol. The Labute approximate surface area is 127 Å². The van der Waals surface area contributed by atoms with E-state index in [2.05, 4.69) is 24.5 Å². The Morgan fingerprint density at radius 2 is 1.81 bits per heavy atom. The first-order valence-corrected chi connectivity index (χ1v) is 7.69. The Hall–Kier alpha value is -1.46. The molecule has 0 spiro atoms. The number of piperidine rings is 1. The van der Waals surface area contributed by atoms with Gasteiger partial charge in [-0.05, 0) is 39.5 Å².